The van der Waals surface area contributed by atoms with Crippen LogP contribution in [0.5, 0.6) is 5.75 Å². The Morgan fingerprint density at radius 3 is 2.20 bits per heavy atom. The summed E-state index contributed by atoms with van der Waals surface area (Å²) < 4.78 is 30.8. The number of hydrogen-bond acceptors (Lipinski definition) is 1. The van der Waals surface area contributed by atoms with E-state index in [0.29, 0.717) is 6.61 Å². The normalized spacial score (nSPS) is 9.60. The Balaban J connectivity index is 0.000000921. The predicted octanol–water partition coefficient (Wildman–Crippen LogP) is 3.64. The van der Waals surface area contributed by atoms with E-state index in [2.05, 4.69) is 19.7 Å². The summed E-state index contributed by atoms with van der Waals surface area (Å²) in [5.74, 6) is -1.49. The molecule has 1 nitrogen and oxygen atoms in total. The molecule has 0 aliphatic heterocycles. The fourth-order valence-electron chi connectivity index (χ4n) is 0.821. The number of hydrogen-bond donors (Lipinski definition) is 0. The van der Waals surface area contributed by atoms with E-state index in [0.717, 1.165) is 12.1 Å². The molecule has 0 bridgehead atoms. The van der Waals surface area contributed by atoms with Crippen LogP contribution in [0.1, 0.15) is 13.8 Å². The molecule has 0 radical (unpaired) electrons. The minimum absolute atomic E-state index is 0.239. The molecule has 0 N–H and O–H groups in total. The van der Waals surface area contributed by atoms with Gasteiger partial charge in [0.15, 0.2) is 0 Å². The Morgan fingerprint density at radius 1 is 1.33 bits per heavy atom. The van der Waals surface area contributed by atoms with Crippen molar-refractivity contribution >= 4 is 13.6 Å². The SMILES string of the molecule is CC(C)COc1c(F)c[c-]cc1F.[Zn+][Br]. The fourth-order valence-corrected chi connectivity index (χ4v) is 0.821. The summed E-state index contributed by atoms with van der Waals surface area (Å²) in [6.45, 7) is 4.12. The Bertz CT molecular complexity index is 275. The molecule has 0 saturated heterocycles. The molecule has 80 valence electrons. The van der Waals surface area contributed by atoms with Gasteiger partial charge in [0.25, 0.3) is 0 Å². The monoisotopic (exact) mass is 328 g/mol. The molecule has 0 aromatic heterocycles. The third kappa shape index (κ3) is 5.57. The van der Waals surface area contributed by atoms with E-state index in [-0.39, 0.29) is 11.7 Å². The average molecular weight is 330 g/mol. The van der Waals surface area contributed by atoms with Crippen LogP contribution >= 0.6 is 13.6 Å². The molecule has 0 heterocycles. The number of ether oxygens (including phenoxy) is 1. The zero-order chi connectivity index (χ0) is 11.8. The molecule has 0 aliphatic carbocycles. The Labute approximate surface area is 105 Å². The molecule has 1 rings (SSSR count). The summed E-state index contributed by atoms with van der Waals surface area (Å²) in [6.07, 6.45) is 0. The third-order valence-electron chi connectivity index (χ3n) is 1.41. The molecule has 0 atom stereocenters. The maximum absolute atomic E-state index is 12.9. The molecule has 1 aromatic carbocycles. The van der Waals surface area contributed by atoms with E-state index in [4.69, 9.17) is 4.74 Å². The van der Waals surface area contributed by atoms with Crippen molar-refractivity contribution in [3.8, 4) is 5.75 Å². The van der Waals surface area contributed by atoms with Gasteiger partial charge >= 0.3 is 30.0 Å². The standard InChI is InChI=1S/C10H11F2O.BrH.Zn/c1-7(2)6-13-10-8(11)4-3-5-9(10)12;;/h4-5,7H,6H2,1-2H3;1H;/q-1;;+2/p-1. The van der Waals surface area contributed by atoms with Crippen molar-refractivity contribution in [2.45, 2.75) is 13.8 Å². The van der Waals surface area contributed by atoms with Crippen LogP contribution in [0.3, 0.4) is 0 Å². The van der Waals surface area contributed by atoms with Gasteiger partial charge in [0.05, 0.1) is 24.0 Å². The first kappa shape index (κ1) is 15.0. The summed E-state index contributed by atoms with van der Waals surface area (Å²) in [5.41, 5.74) is 0. The van der Waals surface area contributed by atoms with Crippen molar-refractivity contribution in [1.82, 2.24) is 0 Å². The van der Waals surface area contributed by atoms with Crippen LogP contribution in [-0.4, -0.2) is 6.61 Å². The summed E-state index contributed by atoms with van der Waals surface area (Å²) in [4.78, 5) is 0. The number of halogens is 3. The molecule has 15 heavy (non-hydrogen) atoms. The predicted molar refractivity (Wildman–Crippen MR) is 54.5 cm³/mol. The first-order chi connectivity index (χ1) is 7.11. The van der Waals surface area contributed by atoms with Crippen molar-refractivity contribution in [2.75, 3.05) is 6.61 Å². The van der Waals surface area contributed by atoms with Crippen LogP contribution < -0.4 is 4.74 Å². The molecular formula is C10H11BrF2OZn. The summed E-state index contributed by atoms with van der Waals surface area (Å²) >= 11 is 4.25. The second-order valence-electron chi connectivity index (χ2n) is 3.19. The molecule has 0 fully saturated rings. The van der Waals surface area contributed by atoms with Gasteiger partial charge in [-0.15, -0.1) is 12.1 Å². The molecule has 5 heteroatoms. The first-order valence-electron chi connectivity index (χ1n) is 4.36. The van der Waals surface area contributed by atoms with Crippen molar-refractivity contribution in [3.05, 3.63) is 29.8 Å². The van der Waals surface area contributed by atoms with Crippen LogP contribution in [0.25, 0.3) is 0 Å². The molecule has 0 spiro atoms. The Kier molecular flexibility index (Phi) is 8.16. The molecule has 0 amide bonds. The molecule has 1 aromatic rings. The average Bonchev–Trinajstić information content (AvgIpc) is 2.20. The van der Waals surface area contributed by atoms with E-state index >= 15 is 0 Å². The zero-order valence-corrected chi connectivity index (χ0v) is 13.2. The Morgan fingerprint density at radius 2 is 1.80 bits per heavy atom. The second kappa shape index (κ2) is 8.17. The summed E-state index contributed by atoms with van der Waals surface area (Å²) in [6, 6.07) is 4.44. The van der Waals surface area contributed by atoms with E-state index in [1.807, 2.05) is 13.8 Å². The van der Waals surface area contributed by atoms with E-state index in [9.17, 15) is 8.78 Å². The van der Waals surface area contributed by atoms with E-state index in [1.54, 1.807) is 0 Å². The minimum atomic E-state index is -0.708. The van der Waals surface area contributed by atoms with Gasteiger partial charge < -0.3 is 4.74 Å². The van der Waals surface area contributed by atoms with Gasteiger partial charge in [-0.25, -0.2) is 0 Å². The van der Waals surface area contributed by atoms with Gasteiger partial charge in [-0.1, -0.05) is 13.8 Å². The number of rotatable bonds is 3. The van der Waals surface area contributed by atoms with Crippen molar-refractivity contribution in [2.24, 2.45) is 5.92 Å². The molecule has 0 saturated carbocycles. The van der Waals surface area contributed by atoms with Gasteiger partial charge in [0, 0.05) is 0 Å². The fraction of sp³-hybridized carbons (Fsp3) is 0.400. The first-order valence-corrected chi connectivity index (χ1v) is 11.3. The van der Waals surface area contributed by atoms with Gasteiger partial charge in [0.1, 0.15) is 0 Å². The van der Waals surface area contributed by atoms with Crippen LogP contribution in [0.4, 0.5) is 8.78 Å². The van der Waals surface area contributed by atoms with Crippen molar-refractivity contribution < 1.29 is 29.9 Å². The Hall–Kier alpha value is -0.0166. The van der Waals surface area contributed by atoms with Crippen molar-refractivity contribution in [3.63, 3.8) is 0 Å². The quantitative estimate of drug-likeness (QED) is 0.607. The van der Waals surface area contributed by atoms with E-state index in [1.165, 1.54) is 16.3 Å². The van der Waals surface area contributed by atoms with Crippen LogP contribution in [0, 0.1) is 23.6 Å². The van der Waals surface area contributed by atoms with Crippen LogP contribution in [0.2, 0.25) is 0 Å². The van der Waals surface area contributed by atoms with Gasteiger partial charge in [-0.2, -0.15) is 6.07 Å². The molecular weight excluding hydrogens is 319 g/mol. The molecule has 0 unspecified atom stereocenters. The van der Waals surface area contributed by atoms with Gasteiger partial charge in [-0.3, -0.25) is 8.78 Å². The van der Waals surface area contributed by atoms with Gasteiger partial charge in [0.2, 0.25) is 0 Å². The van der Waals surface area contributed by atoms with E-state index < -0.39 is 11.6 Å². The van der Waals surface area contributed by atoms with Crippen LogP contribution in [0.15, 0.2) is 12.1 Å². The van der Waals surface area contributed by atoms with Crippen LogP contribution in [-0.2, 0) is 16.3 Å². The maximum atomic E-state index is 12.9. The molecule has 0 aliphatic rings. The second-order valence-corrected chi connectivity index (χ2v) is 3.19. The van der Waals surface area contributed by atoms with Gasteiger partial charge in [-0.05, 0) is 5.92 Å². The zero-order valence-electron chi connectivity index (χ0n) is 8.69. The number of benzene rings is 1. The van der Waals surface area contributed by atoms with Crippen molar-refractivity contribution in [1.29, 1.82) is 0 Å². The third-order valence-corrected chi connectivity index (χ3v) is 1.41. The topological polar surface area (TPSA) is 9.23 Å². The summed E-state index contributed by atoms with van der Waals surface area (Å²) in [7, 11) is 0. The summed E-state index contributed by atoms with van der Waals surface area (Å²) in [5, 5.41) is 0.